The SMILES string of the molecule is Cc1cc(C)c(S(=O)(=O)NCc2cnc[nH]2)c(C)c1N. The van der Waals surface area contributed by atoms with Gasteiger partial charge in [0.2, 0.25) is 10.0 Å². The zero-order chi connectivity index (χ0) is 14.9. The Bertz CT molecular complexity index is 721. The van der Waals surface area contributed by atoms with Crippen LogP contribution in [0.5, 0.6) is 0 Å². The van der Waals surface area contributed by atoms with Crippen molar-refractivity contribution in [2.75, 3.05) is 5.73 Å². The first-order chi connectivity index (χ1) is 9.33. The fourth-order valence-electron chi connectivity index (χ4n) is 2.22. The Hall–Kier alpha value is -1.86. The van der Waals surface area contributed by atoms with Crippen LogP contribution in [0.25, 0.3) is 0 Å². The molecule has 0 spiro atoms. The van der Waals surface area contributed by atoms with E-state index in [1.165, 1.54) is 6.33 Å². The van der Waals surface area contributed by atoms with Gasteiger partial charge in [-0.05, 0) is 37.5 Å². The van der Waals surface area contributed by atoms with Gasteiger partial charge in [0.05, 0.1) is 17.8 Å². The predicted molar refractivity (Wildman–Crippen MR) is 77.7 cm³/mol. The van der Waals surface area contributed by atoms with Crippen LogP contribution in [-0.2, 0) is 16.6 Å². The summed E-state index contributed by atoms with van der Waals surface area (Å²) in [7, 11) is -3.61. The highest BCUT2D eigenvalue weighted by molar-refractivity contribution is 7.89. The molecular formula is C13H18N4O2S. The van der Waals surface area contributed by atoms with E-state index in [1.807, 2.05) is 6.92 Å². The van der Waals surface area contributed by atoms with E-state index in [1.54, 1.807) is 26.1 Å². The van der Waals surface area contributed by atoms with Gasteiger partial charge in [0.25, 0.3) is 0 Å². The third kappa shape index (κ3) is 2.68. The molecule has 0 saturated heterocycles. The number of sulfonamides is 1. The Kier molecular flexibility index (Phi) is 3.82. The zero-order valence-corrected chi connectivity index (χ0v) is 12.5. The highest BCUT2D eigenvalue weighted by Crippen LogP contribution is 2.27. The summed E-state index contributed by atoms with van der Waals surface area (Å²) in [5, 5.41) is 0. The molecule has 0 saturated carbocycles. The molecule has 0 bridgehead atoms. The van der Waals surface area contributed by atoms with Gasteiger partial charge in [0.15, 0.2) is 0 Å². The molecule has 1 aromatic heterocycles. The molecule has 1 heterocycles. The largest absolute Gasteiger partial charge is 0.398 e. The molecule has 6 nitrogen and oxygen atoms in total. The molecule has 0 radical (unpaired) electrons. The maximum absolute atomic E-state index is 12.4. The first-order valence-electron chi connectivity index (χ1n) is 6.16. The first kappa shape index (κ1) is 14.5. The fraction of sp³-hybridized carbons (Fsp3) is 0.308. The molecule has 0 atom stereocenters. The Morgan fingerprint density at radius 3 is 2.60 bits per heavy atom. The number of aromatic amines is 1. The second-order valence-corrected chi connectivity index (χ2v) is 6.48. The van der Waals surface area contributed by atoms with Crippen LogP contribution in [0.15, 0.2) is 23.5 Å². The van der Waals surface area contributed by atoms with Crippen LogP contribution in [0.3, 0.4) is 0 Å². The molecule has 0 unspecified atom stereocenters. The lowest BCUT2D eigenvalue weighted by Gasteiger charge is -2.15. The smallest absolute Gasteiger partial charge is 0.241 e. The number of benzene rings is 1. The van der Waals surface area contributed by atoms with Gasteiger partial charge >= 0.3 is 0 Å². The van der Waals surface area contributed by atoms with E-state index in [9.17, 15) is 8.42 Å². The van der Waals surface area contributed by atoms with E-state index < -0.39 is 10.0 Å². The Morgan fingerprint density at radius 2 is 2.00 bits per heavy atom. The molecule has 20 heavy (non-hydrogen) atoms. The van der Waals surface area contributed by atoms with Crippen molar-refractivity contribution in [1.82, 2.24) is 14.7 Å². The average Bonchev–Trinajstić information content (AvgIpc) is 2.86. The minimum atomic E-state index is -3.61. The molecule has 2 rings (SSSR count). The van der Waals surface area contributed by atoms with E-state index in [0.717, 1.165) is 5.56 Å². The van der Waals surface area contributed by atoms with Crippen LogP contribution >= 0.6 is 0 Å². The molecule has 2 aromatic rings. The molecule has 1 aromatic carbocycles. The highest BCUT2D eigenvalue weighted by Gasteiger charge is 2.21. The van der Waals surface area contributed by atoms with E-state index >= 15 is 0 Å². The van der Waals surface area contributed by atoms with E-state index in [4.69, 9.17) is 5.73 Å². The van der Waals surface area contributed by atoms with Gasteiger partial charge in [-0.15, -0.1) is 0 Å². The van der Waals surface area contributed by atoms with Crippen molar-refractivity contribution in [2.24, 2.45) is 0 Å². The molecule has 0 aliphatic rings. The third-order valence-electron chi connectivity index (χ3n) is 3.24. The number of nitrogen functional groups attached to an aromatic ring is 1. The van der Waals surface area contributed by atoms with Crippen molar-refractivity contribution in [3.05, 3.63) is 41.0 Å². The second kappa shape index (κ2) is 5.26. The third-order valence-corrected chi connectivity index (χ3v) is 4.93. The maximum Gasteiger partial charge on any atom is 0.241 e. The number of aromatic nitrogens is 2. The molecule has 0 amide bonds. The number of nitrogens with zero attached hydrogens (tertiary/aromatic N) is 1. The zero-order valence-electron chi connectivity index (χ0n) is 11.7. The quantitative estimate of drug-likeness (QED) is 0.742. The van der Waals surface area contributed by atoms with Crippen molar-refractivity contribution < 1.29 is 8.42 Å². The van der Waals surface area contributed by atoms with Crippen LogP contribution in [0, 0.1) is 20.8 Å². The monoisotopic (exact) mass is 294 g/mol. The number of aryl methyl sites for hydroxylation is 2. The predicted octanol–water partition coefficient (Wildman–Crippen LogP) is 1.40. The van der Waals surface area contributed by atoms with Crippen LogP contribution in [0.1, 0.15) is 22.4 Å². The van der Waals surface area contributed by atoms with Crippen LogP contribution in [-0.4, -0.2) is 18.4 Å². The number of nitrogens with two attached hydrogens (primary N) is 1. The van der Waals surface area contributed by atoms with Gasteiger partial charge in [-0.25, -0.2) is 18.1 Å². The lowest BCUT2D eigenvalue weighted by Crippen LogP contribution is -2.25. The number of hydrogen-bond donors (Lipinski definition) is 3. The molecule has 0 fully saturated rings. The normalized spacial score (nSPS) is 11.8. The minimum absolute atomic E-state index is 0.162. The molecular weight excluding hydrogens is 276 g/mol. The van der Waals surface area contributed by atoms with E-state index in [-0.39, 0.29) is 11.4 Å². The summed E-state index contributed by atoms with van der Waals surface area (Å²) in [6.45, 7) is 5.52. The summed E-state index contributed by atoms with van der Waals surface area (Å²) in [4.78, 5) is 6.94. The Labute approximate surface area is 118 Å². The lowest BCUT2D eigenvalue weighted by atomic mass is 10.1. The first-order valence-corrected chi connectivity index (χ1v) is 7.64. The molecule has 0 aliphatic heterocycles. The molecule has 0 aliphatic carbocycles. The number of nitrogens with one attached hydrogen (secondary N) is 2. The molecule has 7 heteroatoms. The summed E-state index contributed by atoms with van der Waals surface area (Å²) in [6.07, 6.45) is 3.08. The van der Waals surface area contributed by atoms with Gasteiger partial charge in [-0.3, -0.25) is 0 Å². The number of imidazole rings is 1. The second-order valence-electron chi connectivity index (χ2n) is 4.78. The maximum atomic E-state index is 12.4. The lowest BCUT2D eigenvalue weighted by molar-refractivity contribution is 0.579. The van der Waals surface area contributed by atoms with Crippen LogP contribution in [0.4, 0.5) is 5.69 Å². The van der Waals surface area contributed by atoms with Crippen molar-refractivity contribution in [2.45, 2.75) is 32.2 Å². The van der Waals surface area contributed by atoms with Crippen LogP contribution in [0.2, 0.25) is 0 Å². The summed E-state index contributed by atoms with van der Waals surface area (Å²) < 4.78 is 27.4. The van der Waals surface area contributed by atoms with Gasteiger partial charge in [0, 0.05) is 17.6 Å². The summed E-state index contributed by atoms with van der Waals surface area (Å²) in [5.74, 6) is 0. The van der Waals surface area contributed by atoms with E-state index in [0.29, 0.717) is 22.5 Å². The topological polar surface area (TPSA) is 101 Å². The fourth-order valence-corrected chi connectivity index (χ4v) is 3.71. The van der Waals surface area contributed by atoms with Gasteiger partial charge in [-0.1, -0.05) is 6.07 Å². The van der Waals surface area contributed by atoms with E-state index in [2.05, 4.69) is 14.7 Å². The van der Waals surface area contributed by atoms with Gasteiger partial charge in [-0.2, -0.15) is 0 Å². The van der Waals surface area contributed by atoms with Crippen molar-refractivity contribution in [3.63, 3.8) is 0 Å². The number of H-pyrrole nitrogens is 1. The summed E-state index contributed by atoms with van der Waals surface area (Å²) in [5.41, 5.74) is 9.29. The average molecular weight is 294 g/mol. The summed E-state index contributed by atoms with van der Waals surface area (Å²) in [6, 6.07) is 1.78. The minimum Gasteiger partial charge on any atom is -0.398 e. The standard InChI is InChI=1S/C13H18N4O2S/c1-8-4-9(2)13(10(3)12(8)14)20(18,19)17-6-11-5-15-7-16-11/h4-5,7,17H,6,14H2,1-3H3,(H,15,16). The van der Waals surface area contributed by atoms with Crippen molar-refractivity contribution >= 4 is 15.7 Å². The van der Waals surface area contributed by atoms with Crippen LogP contribution < -0.4 is 10.5 Å². The van der Waals surface area contributed by atoms with Gasteiger partial charge in [0.1, 0.15) is 0 Å². The molecule has 108 valence electrons. The number of hydrogen-bond acceptors (Lipinski definition) is 4. The highest BCUT2D eigenvalue weighted by atomic mass is 32.2. The Morgan fingerprint density at radius 1 is 1.30 bits per heavy atom. The summed E-state index contributed by atoms with van der Waals surface area (Å²) >= 11 is 0. The number of anilines is 1. The Balaban J connectivity index is 2.37. The van der Waals surface area contributed by atoms with Crippen molar-refractivity contribution in [3.8, 4) is 0 Å². The van der Waals surface area contributed by atoms with Crippen molar-refractivity contribution in [1.29, 1.82) is 0 Å². The molecule has 4 N–H and O–H groups in total. The van der Waals surface area contributed by atoms with Gasteiger partial charge < -0.3 is 10.7 Å². The number of rotatable bonds is 4.